The minimum absolute atomic E-state index is 0.215. The van der Waals surface area contributed by atoms with Crippen molar-refractivity contribution in [2.24, 2.45) is 0 Å². The zero-order valence-corrected chi connectivity index (χ0v) is 9.13. The average molecular weight is 301 g/mol. The lowest BCUT2D eigenvalue weighted by Gasteiger charge is -2.18. The molecule has 0 saturated heterocycles. The number of esters is 1. The van der Waals surface area contributed by atoms with E-state index in [1.807, 2.05) is 0 Å². The van der Waals surface area contributed by atoms with E-state index in [0.717, 1.165) is 0 Å². The van der Waals surface area contributed by atoms with Crippen LogP contribution >= 0.6 is 0 Å². The number of alkyl halides is 6. The van der Waals surface area contributed by atoms with Gasteiger partial charge >= 0.3 is 18.3 Å². The molecule has 0 atom stereocenters. The largest absolute Gasteiger partial charge is 0.539 e. The number of rotatable bonds is 1. The maximum absolute atomic E-state index is 12.5. The van der Waals surface area contributed by atoms with Crippen LogP contribution in [0.25, 0.3) is 0 Å². The Balaban J connectivity index is 3.49. The molecule has 0 aliphatic carbocycles. The third kappa shape index (κ3) is 3.39. The zero-order chi connectivity index (χ0) is 15.7. The van der Waals surface area contributed by atoms with Crippen molar-refractivity contribution in [2.45, 2.75) is 12.4 Å². The summed E-state index contributed by atoms with van der Waals surface area (Å²) in [5.41, 5.74) is -3.86. The number of ether oxygens (including phenoxy) is 1. The van der Waals surface area contributed by atoms with E-state index >= 15 is 0 Å². The van der Waals surface area contributed by atoms with Crippen molar-refractivity contribution in [1.29, 1.82) is 0 Å². The number of carbonyl (C=O) groups is 2. The molecule has 0 amide bonds. The Kier molecular flexibility index (Phi) is 3.97. The van der Waals surface area contributed by atoms with Crippen LogP contribution in [0.2, 0.25) is 0 Å². The molecule has 0 unspecified atom stereocenters. The lowest BCUT2D eigenvalue weighted by molar-refractivity contribution is -0.302. The fraction of sp³-hybridized carbons (Fsp3) is 0.200. The number of hydrogen-bond donors (Lipinski definition) is 0. The van der Waals surface area contributed by atoms with Crippen molar-refractivity contribution in [1.82, 2.24) is 0 Å². The van der Waals surface area contributed by atoms with Crippen molar-refractivity contribution in [3.8, 4) is 5.75 Å². The van der Waals surface area contributed by atoms with E-state index in [4.69, 9.17) is 0 Å². The Morgan fingerprint density at radius 3 is 1.65 bits per heavy atom. The minimum atomic E-state index is -5.27. The normalized spacial score (nSPS) is 12.1. The number of para-hydroxylation sites is 1. The van der Waals surface area contributed by atoms with Gasteiger partial charge < -0.3 is 14.6 Å². The summed E-state index contributed by atoms with van der Waals surface area (Å²) < 4.78 is 78.9. The van der Waals surface area contributed by atoms with Gasteiger partial charge in [0.25, 0.3) is 0 Å². The third-order valence-corrected chi connectivity index (χ3v) is 1.99. The molecule has 1 aromatic carbocycles. The van der Waals surface area contributed by atoms with Crippen molar-refractivity contribution in [3.05, 3.63) is 29.3 Å². The second-order valence-corrected chi connectivity index (χ2v) is 3.35. The van der Waals surface area contributed by atoms with Crippen molar-refractivity contribution < 1.29 is 45.8 Å². The van der Waals surface area contributed by atoms with Crippen molar-refractivity contribution in [2.75, 3.05) is 0 Å². The highest BCUT2D eigenvalue weighted by Crippen LogP contribution is 2.44. The minimum Gasteiger partial charge on any atom is -0.539 e. The number of aliphatic carboxylic acids is 1. The first-order valence-corrected chi connectivity index (χ1v) is 4.65. The summed E-state index contributed by atoms with van der Waals surface area (Å²) in [6.45, 7) is 0. The number of carboxylic acid groups (broad SMARTS) is 1. The summed E-state index contributed by atoms with van der Waals surface area (Å²) in [6.07, 6.45) is -10.5. The van der Waals surface area contributed by atoms with Crippen molar-refractivity contribution in [3.63, 3.8) is 0 Å². The summed E-state index contributed by atoms with van der Waals surface area (Å²) >= 11 is 0. The van der Waals surface area contributed by atoms with E-state index in [1.54, 1.807) is 0 Å². The summed E-state index contributed by atoms with van der Waals surface area (Å²) in [6, 6.07) is 0.877. The van der Waals surface area contributed by atoms with Gasteiger partial charge in [0.05, 0.1) is 11.1 Å². The molecule has 0 N–H and O–H groups in total. The smallest absolute Gasteiger partial charge is 0.420 e. The van der Waals surface area contributed by atoms with Gasteiger partial charge in [-0.25, -0.2) is 4.79 Å². The molecule has 0 aliphatic heterocycles. The fourth-order valence-electron chi connectivity index (χ4n) is 1.23. The first kappa shape index (κ1) is 15.8. The topological polar surface area (TPSA) is 66.4 Å². The quantitative estimate of drug-likeness (QED) is 0.340. The highest BCUT2D eigenvalue weighted by molar-refractivity contribution is 6.28. The molecule has 110 valence electrons. The van der Waals surface area contributed by atoms with Gasteiger partial charge in [0.1, 0.15) is 0 Å². The molecule has 20 heavy (non-hydrogen) atoms. The van der Waals surface area contributed by atoms with Gasteiger partial charge in [0.2, 0.25) is 0 Å². The monoisotopic (exact) mass is 301 g/mol. The number of halogens is 6. The fourth-order valence-corrected chi connectivity index (χ4v) is 1.23. The molecule has 0 spiro atoms. The second kappa shape index (κ2) is 5.02. The first-order chi connectivity index (χ1) is 8.94. The zero-order valence-electron chi connectivity index (χ0n) is 9.13. The predicted molar refractivity (Wildman–Crippen MR) is 47.1 cm³/mol. The molecule has 0 fully saturated rings. The molecule has 0 heterocycles. The van der Waals surface area contributed by atoms with Gasteiger partial charge in [-0.1, -0.05) is 6.07 Å². The molecule has 0 radical (unpaired) electrons. The average Bonchev–Trinajstić information content (AvgIpc) is 2.25. The highest BCUT2D eigenvalue weighted by atomic mass is 19.4. The van der Waals surface area contributed by atoms with Gasteiger partial charge in [-0.05, 0) is 12.1 Å². The first-order valence-electron chi connectivity index (χ1n) is 4.65. The Morgan fingerprint density at radius 2 is 1.35 bits per heavy atom. The van der Waals surface area contributed by atoms with Crippen LogP contribution in [-0.2, 0) is 21.9 Å². The predicted octanol–water partition coefficient (Wildman–Crippen LogP) is 1.38. The number of hydrogen-bond acceptors (Lipinski definition) is 4. The molecule has 0 saturated carbocycles. The summed E-state index contributed by atoms with van der Waals surface area (Å²) in [5.74, 6) is -6.87. The van der Waals surface area contributed by atoms with Crippen LogP contribution in [0.4, 0.5) is 26.3 Å². The molecule has 0 aliphatic rings. The molecule has 1 rings (SSSR count). The van der Waals surface area contributed by atoms with Gasteiger partial charge in [-0.3, -0.25) is 0 Å². The lowest BCUT2D eigenvalue weighted by Crippen LogP contribution is -2.35. The maximum atomic E-state index is 12.5. The Hall–Kier alpha value is -2.26. The Bertz CT molecular complexity index is 513. The van der Waals surface area contributed by atoms with Crippen molar-refractivity contribution >= 4 is 11.9 Å². The van der Waals surface area contributed by atoms with Gasteiger partial charge in [0.15, 0.2) is 11.7 Å². The molecule has 10 heteroatoms. The lowest BCUT2D eigenvalue weighted by atomic mass is 10.1. The number of carboxylic acids is 1. The Morgan fingerprint density at radius 1 is 0.950 bits per heavy atom. The van der Waals surface area contributed by atoms with E-state index in [9.17, 15) is 41.0 Å². The SMILES string of the molecule is O=C([O-])C(=O)Oc1c(C(F)(F)F)cccc1C(F)(F)F. The van der Waals surface area contributed by atoms with E-state index in [-0.39, 0.29) is 12.1 Å². The molecular formula is C10H3F6O4-. The Labute approximate surface area is 106 Å². The standard InChI is InChI=1S/C10H4F6O4/c11-9(12,13)4-2-1-3-5(10(14,15)16)6(4)20-8(19)7(17)18/h1-3H,(H,17,18)/p-1. The second-order valence-electron chi connectivity index (χ2n) is 3.35. The van der Waals surface area contributed by atoms with Crippen LogP contribution in [0.5, 0.6) is 5.75 Å². The molecular weight excluding hydrogens is 298 g/mol. The van der Waals surface area contributed by atoms with Gasteiger partial charge in [-0.15, -0.1) is 0 Å². The molecule has 0 bridgehead atoms. The highest BCUT2D eigenvalue weighted by Gasteiger charge is 2.42. The van der Waals surface area contributed by atoms with Crippen LogP contribution in [0.3, 0.4) is 0 Å². The maximum Gasteiger partial charge on any atom is 0.420 e. The molecule has 1 aromatic rings. The molecule has 0 aromatic heterocycles. The van der Waals surface area contributed by atoms with Gasteiger partial charge in [-0.2, -0.15) is 26.3 Å². The van der Waals surface area contributed by atoms with E-state index in [0.29, 0.717) is 6.07 Å². The molecule has 4 nitrogen and oxygen atoms in total. The van der Waals surface area contributed by atoms with Gasteiger partial charge in [0, 0.05) is 0 Å². The van der Waals surface area contributed by atoms with E-state index in [1.165, 1.54) is 0 Å². The van der Waals surface area contributed by atoms with E-state index < -0.39 is 41.2 Å². The van der Waals surface area contributed by atoms with Crippen LogP contribution in [0.1, 0.15) is 11.1 Å². The summed E-state index contributed by atoms with van der Waals surface area (Å²) in [5, 5.41) is 10.1. The summed E-state index contributed by atoms with van der Waals surface area (Å²) in [4.78, 5) is 20.7. The number of carbonyl (C=O) groups excluding carboxylic acids is 2. The van der Waals surface area contributed by atoms with Crippen LogP contribution in [-0.4, -0.2) is 11.9 Å². The van der Waals surface area contributed by atoms with Crippen LogP contribution in [0.15, 0.2) is 18.2 Å². The van der Waals surface area contributed by atoms with Crippen LogP contribution < -0.4 is 9.84 Å². The summed E-state index contributed by atoms with van der Waals surface area (Å²) in [7, 11) is 0. The van der Waals surface area contributed by atoms with E-state index in [2.05, 4.69) is 4.74 Å². The van der Waals surface area contributed by atoms with Crippen LogP contribution in [0, 0.1) is 0 Å². The third-order valence-electron chi connectivity index (χ3n) is 1.99. The number of benzene rings is 1.